The van der Waals surface area contributed by atoms with Crippen LogP contribution in [0.4, 0.5) is 0 Å². The third kappa shape index (κ3) is 3.83. The van der Waals surface area contributed by atoms with Gasteiger partial charge in [0.1, 0.15) is 11.6 Å². The number of aromatic nitrogens is 3. The molecule has 9 nitrogen and oxygen atoms in total. The first kappa shape index (κ1) is 20.8. The third-order valence-electron chi connectivity index (χ3n) is 5.59. The Kier molecular flexibility index (Phi) is 5.58. The van der Waals surface area contributed by atoms with E-state index in [1.807, 2.05) is 36.7 Å². The highest BCUT2D eigenvalue weighted by atomic mass is 16.5. The van der Waals surface area contributed by atoms with E-state index < -0.39 is 0 Å². The molecule has 1 aliphatic heterocycles. The summed E-state index contributed by atoms with van der Waals surface area (Å²) in [7, 11) is 6.61. The minimum Gasteiger partial charge on any atom is -0.493 e. The van der Waals surface area contributed by atoms with Gasteiger partial charge in [0.05, 0.1) is 38.9 Å². The second-order valence-corrected chi connectivity index (χ2v) is 7.54. The number of hydrogen-bond acceptors (Lipinski definition) is 7. The summed E-state index contributed by atoms with van der Waals surface area (Å²) in [5.74, 6) is 2.18. The average Bonchev–Trinajstić information content (AvgIpc) is 3.38. The Labute approximate surface area is 180 Å². The van der Waals surface area contributed by atoms with E-state index in [-0.39, 0.29) is 17.9 Å². The van der Waals surface area contributed by atoms with Gasteiger partial charge in [-0.2, -0.15) is 0 Å². The van der Waals surface area contributed by atoms with Crippen LogP contribution in [-0.2, 0) is 11.8 Å². The number of benzene rings is 1. The van der Waals surface area contributed by atoms with Crippen molar-refractivity contribution in [2.75, 3.05) is 27.9 Å². The van der Waals surface area contributed by atoms with E-state index in [4.69, 9.17) is 23.9 Å². The van der Waals surface area contributed by atoms with Crippen molar-refractivity contribution in [3.63, 3.8) is 0 Å². The Balaban J connectivity index is 1.79. The SMILES string of the molecule is COc1cc(-c2cc3ncn(C)c3c(OC(C)C3CNC(=O)C3)n2)cc(OC)c1OC. The number of rotatable bonds is 7. The van der Waals surface area contributed by atoms with E-state index in [0.29, 0.717) is 41.8 Å². The molecule has 2 unspecified atom stereocenters. The van der Waals surface area contributed by atoms with Crippen LogP contribution in [0.1, 0.15) is 13.3 Å². The minimum absolute atomic E-state index is 0.0465. The van der Waals surface area contributed by atoms with Gasteiger partial charge in [0.15, 0.2) is 11.5 Å². The Morgan fingerprint density at radius 1 is 1.13 bits per heavy atom. The molecule has 1 N–H and O–H groups in total. The molecule has 0 bridgehead atoms. The lowest BCUT2D eigenvalue weighted by molar-refractivity contribution is -0.119. The first-order valence-corrected chi connectivity index (χ1v) is 10.0. The van der Waals surface area contributed by atoms with Gasteiger partial charge in [-0.15, -0.1) is 0 Å². The molecule has 164 valence electrons. The molecule has 1 aromatic carbocycles. The molecule has 2 atom stereocenters. The van der Waals surface area contributed by atoms with Crippen molar-refractivity contribution in [3.05, 3.63) is 24.5 Å². The van der Waals surface area contributed by atoms with Crippen LogP contribution in [0.25, 0.3) is 22.3 Å². The van der Waals surface area contributed by atoms with Crippen LogP contribution in [0.15, 0.2) is 24.5 Å². The van der Waals surface area contributed by atoms with E-state index in [1.54, 1.807) is 27.7 Å². The zero-order valence-electron chi connectivity index (χ0n) is 18.3. The van der Waals surface area contributed by atoms with Gasteiger partial charge in [-0.1, -0.05) is 0 Å². The second-order valence-electron chi connectivity index (χ2n) is 7.54. The number of fused-ring (bicyclic) bond motifs is 1. The summed E-state index contributed by atoms with van der Waals surface area (Å²) in [6.07, 6.45) is 1.98. The lowest BCUT2D eigenvalue weighted by Crippen LogP contribution is -2.26. The smallest absolute Gasteiger partial charge is 0.241 e. The number of methoxy groups -OCH3 is 3. The van der Waals surface area contributed by atoms with Gasteiger partial charge >= 0.3 is 0 Å². The van der Waals surface area contributed by atoms with Gasteiger partial charge in [0, 0.05) is 31.5 Å². The van der Waals surface area contributed by atoms with E-state index in [2.05, 4.69) is 10.3 Å². The number of carbonyl (C=O) groups excluding carboxylic acids is 1. The summed E-state index contributed by atoms with van der Waals surface area (Å²) in [5.41, 5.74) is 2.98. The van der Waals surface area contributed by atoms with E-state index in [1.165, 1.54) is 0 Å². The molecule has 0 aliphatic carbocycles. The Hall–Kier alpha value is -3.49. The predicted octanol–water partition coefficient (Wildman–Crippen LogP) is 2.56. The lowest BCUT2D eigenvalue weighted by atomic mass is 10.0. The highest BCUT2D eigenvalue weighted by Gasteiger charge is 2.29. The van der Waals surface area contributed by atoms with E-state index >= 15 is 0 Å². The van der Waals surface area contributed by atoms with Crippen LogP contribution in [0.3, 0.4) is 0 Å². The number of imidazole rings is 1. The topological polar surface area (TPSA) is 96.7 Å². The Morgan fingerprint density at radius 3 is 2.42 bits per heavy atom. The minimum atomic E-state index is -0.195. The molecular formula is C22H26N4O5. The summed E-state index contributed by atoms with van der Waals surface area (Å²) in [6, 6.07) is 5.57. The number of nitrogens with zero attached hydrogens (tertiary/aromatic N) is 3. The number of carbonyl (C=O) groups is 1. The van der Waals surface area contributed by atoms with Crippen molar-refractivity contribution in [2.45, 2.75) is 19.4 Å². The van der Waals surface area contributed by atoms with Crippen molar-refractivity contribution in [3.8, 4) is 34.4 Å². The number of amides is 1. The quantitative estimate of drug-likeness (QED) is 0.620. The number of aryl methyl sites for hydroxylation is 1. The summed E-state index contributed by atoms with van der Waals surface area (Å²) in [4.78, 5) is 20.9. The molecule has 0 spiro atoms. The van der Waals surface area contributed by atoms with Crippen molar-refractivity contribution in [1.82, 2.24) is 19.9 Å². The van der Waals surface area contributed by atoms with Gasteiger partial charge in [-0.25, -0.2) is 9.97 Å². The third-order valence-corrected chi connectivity index (χ3v) is 5.59. The monoisotopic (exact) mass is 426 g/mol. The van der Waals surface area contributed by atoms with Crippen LogP contribution in [-0.4, -0.2) is 54.4 Å². The molecule has 9 heteroatoms. The molecule has 4 rings (SSSR count). The number of ether oxygens (including phenoxy) is 4. The summed E-state index contributed by atoms with van der Waals surface area (Å²) in [6.45, 7) is 2.56. The molecule has 2 aromatic heterocycles. The number of nitrogens with one attached hydrogen (secondary N) is 1. The fourth-order valence-corrected chi connectivity index (χ4v) is 3.83. The molecule has 1 aliphatic rings. The van der Waals surface area contributed by atoms with Crippen LogP contribution in [0.5, 0.6) is 23.1 Å². The van der Waals surface area contributed by atoms with E-state index in [9.17, 15) is 4.79 Å². The first-order valence-electron chi connectivity index (χ1n) is 10.0. The predicted molar refractivity (Wildman–Crippen MR) is 115 cm³/mol. The van der Waals surface area contributed by atoms with Gasteiger partial charge in [-0.3, -0.25) is 4.79 Å². The van der Waals surface area contributed by atoms with Crippen LogP contribution < -0.4 is 24.3 Å². The van der Waals surface area contributed by atoms with Crippen molar-refractivity contribution < 1.29 is 23.7 Å². The fourth-order valence-electron chi connectivity index (χ4n) is 3.83. The maximum Gasteiger partial charge on any atom is 0.241 e. The highest BCUT2D eigenvalue weighted by Crippen LogP contribution is 2.41. The molecule has 1 saturated heterocycles. The van der Waals surface area contributed by atoms with Gasteiger partial charge in [0.25, 0.3) is 0 Å². The zero-order chi connectivity index (χ0) is 22.1. The Bertz CT molecular complexity index is 1100. The van der Waals surface area contributed by atoms with Gasteiger partial charge in [-0.05, 0) is 25.1 Å². The Morgan fingerprint density at radius 2 is 1.84 bits per heavy atom. The van der Waals surface area contributed by atoms with Crippen LogP contribution in [0, 0.1) is 5.92 Å². The highest BCUT2D eigenvalue weighted by molar-refractivity contribution is 5.85. The van der Waals surface area contributed by atoms with Crippen molar-refractivity contribution in [1.29, 1.82) is 0 Å². The molecular weight excluding hydrogens is 400 g/mol. The molecule has 31 heavy (non-hydrogen) atoms. The van der Waals surface area contributed by atoms with Crippen molar-refractivity contribution in [2.24, 2.45) is 13.0 Å². The molecule has 0 saturated carbocycles. The summed E-state index contributed by atoms with van der Waals surface area (Å²) < 4.78 is 24.5. The fraction of sp³-hybridized carbons (Fsp3) is 0.409. The van der Waals surface area contributed by atoms with E-state index in [0.717, 1.165) is 16.6 Å². The lowest BCUT2D eigenvalue weighted by Gasteiger charge is -2.20. The second kappa shape index (κ2) is 8.33. The first-order chi connectivity index (χ1) is 14.9. The van der Waals surface area contributed by atoms with Crippen LogP contribution >= 0.6 is 0 Å². The summed E-state index contributed by atoms with van der Waals surface area (Å²) in [5, 5.41) is 2.86. The summed E-state index contributed by atoms with van der Waals surface area (Å²) >= 11 is 0. The maximum absolute atomic E-state index is 11.6. The molecule has 0 radical (unpaired) electrons. The molecule has 3 aromatic rings. The largest absolute Gasteiger partial charge is 0.493 e. The molecule has 3 heterocycles. The van der Waals surface area contributed by atoms with Gasteiger partial charge in [0.2, 0.25) is 17.5 Å². The molecule has 1 amide bonds. The van der Waals surface area contributed by atoms with Crippen LogP contribution in [0.2, 0.25) is 0 Å². The molecule has 1 fully saturated rings. The standard InChI is InChI=1S/C22H26N4O5/c1-12(14-8-19(27)23-10-14)31-22-20-16(24-11-26(20)2)9-15(25-22)13-6-17(28-3)21(30-5)18(7-13)29-4/h6-7,9,11-12,14H,8,10H2,1-5H3,(H,23,27). The maximum atomic E-state index is 11.6. The zero-order valence-corrected chi connectivity index (χ0v) is 18.3. The van der Waals surface area contributed by atoms with Crippen molar-refractivity contribution >= 4 is 16.9 Å². The average molecular weight is 426 g/mol. The van der Waals surface area contributed by atoms with Gasteiger partial charge < -0.3 is 28.8 Å². The normalized spacial score (nSPS) is 16.8. The number of hydrogen-bond donors (Lipinski definition) is 1. The number of pyridine rings is 1.